The third-order valence-corrected chi connectivity index (χ3v) is 5.46. The van der Waals surface area contributed by atoms with E-state index in [1.54, 1.807) is 4.68 Å². The maximum absolute atomic E-state index is 6.44. The van der Waals surface area contributed by atoms with E-state index in [9.17, 15) is 0 Å². The van der Waals surface area contributed by atoms with Gasteiger partial charge in [-0.15, -0.1) is 0 Å². The zero-order valence-electron chi connectivity index (χ0n) is 14.0. The van der Waals surface area contributed by atoms with Gasteiger partial charge in [-0.1, -0.05) is 38.3 Å². The van der Waals surface area contributed by atoms with Gasteiger partial charge in [0, 0.05) is 18.7 Å². The van der Waals surface area contributed by atoms with Crippen molar-refractivity contribution in [3.63, 3.8) is 0 Å². The lowest BCUT2D eigenvalue weighted by Crippen LogP contribution is -2.41. The molecule has 21 heavy (non-hydrogen) atoms. The van der Waals surface area contributed by atoms with Gasteiger partial charge in [0.1, 0.15) is 5.15 Å². The van der Waals surface area contributed by atoms with Crippen molar-refractivity contribution in [1.29, 1.82) is 0 Å². The summed E-state index contributed by atoms with van der Waals surface area (Å²) in [5.41, 5.74) is 2.35. The molecule has 0 saturated heterocycles. The van der Waals surface area contributed by atoms with Gasteiger partial charge in [-0.2, -0.15) is 5.10 Å². The van der Waals surface area contributed by atoms with Gasteiger partial charge in [0.2, 0.25) is 0 Å². The SMILES string of the molecule is CCCC1CCC(NCC)C(Cc2c(C)nn(C)c2Cl)C1. The molecule has 120 valence electrons. The molecule has 2 rings (SSSR count). The predicted molar refractivity (Wildman–Crippen MR) is 89.9 cm³/mol. The van der Waals surface area contributed by atoms with E-state index in [2.05, 4.69) is 31.2 Å². The van der Waals surface area contributed by atoms with Gasteiger partial charge in [0.05, 0.1) is 5.69 Å². The van der Waals surface area contributed by atoms with Crippen LogP contribution in [0.15, 0.2) is 0 Å². The van der Waals surface area contributed by atoms with Gasteiger partial charge in [-0.05, 0) is 51.0 Å². The topological polar surface area (TPSA) is 29.9 Å². The van der Waals surface area contributed by atoms with Gasteiger partial charge < -0.3 is 5.32 Å². The molecular weight excluding hydrogens is 282 g/mol. The first kappa shape index (κ1) is 16.8. The Morgan fingerprint density at radius 3 is 2.67 bits per heavy atom. The fourth-order valence-electron chi connectivity index (χ4n) is 3.96. The monoisotopic (exact) mass is 311 g/mol. The largest absolute Gasteiger partial charge is 0.314 e. The standard InChI is InChI=1S/C17H30ClN3/c1-5-7-13-8-9-16(19-6-2)14(10-13)11-15-12(3)20-21(4)17(15)18/h13-14,16,19H,5-11H2,1-4H3. The summed E-state index contributed by atoms with van der Waals surface area (Å²) in [6.45, 7) is 7.64. The van der Waals surface area contributed by atoms with E-state index in [4.69, 9.17) is 11.6 Å². The minimum atomic E-state index is 0.638. The van der Waals surface area contributed by atoms with Gasteiger partial charge in [-0.25, -0.2) is 0 Å². The Hall–Kier alpha value is -0.540. The molecule has 0 aromatic carbocycles. The molecule has 3 atom stereocenters. The molecule has 1 N–H and O–H groups in total. The van der Waals surface area contributed by atoms with Gasteiger partial charge in [-0.3, -0.25) is 4.68 Å². The lowest BCUT2D eigenvalue weighted by atomic mass is 9.74. The van der Waals surface area contributed by atoms with E-state index < -0.39 is 0 Å². The molecule has 3 unspecified atom stereocenters. The maximum Gasteiger partial charge on any atom is 0.130 e. The van der Waals surface area contributed by atoms with Crippen LogP contribution >= 0.6 is 11.6 Å². The van der Waals surface area contributed by atoms with E-state index in [-0.39, 0.29) is 0 Å². The maximum atomic E-state index is 6.44. The molecular formula is C17H30ClN3. The van der Waals surface area contributed by atoms with Crippen LogP contribution in [0.2, 0.25) is 5.15 Å². The van der Waals surface area contributed by atoms with Crippen molar-refractivity contribution >= 4 is 11.6 Å². The molecule has 1 aromatic heterocycles. The average molecular weight is 312 g/mol. The van der Waals surface area contributed by atoms with Crippen molar-refractivity contribution in [2.75, 3.05) is 6.54 Å². The quantitative estimate of drug-likeness (QED) is 0.856. The predicted octanol–water partition coefficient (Wildman–Crippen LogP) is 4.12. The molecule has 0 amide bonds. The Balaban J connectivity index is 2.11. The third kappa shape index (κ3) is 4.01. The first-order valence-electron chi connectivity index (χ1n) is 8.48. The summed E-state index contributed by atoms with van der Waals surface area (Å²) in [4.78, 5) is 0. The van der Waals surface area contributed by atoms with Crippen molar-refractivity contribution in [1.82, 2.24) is 15.1 Å². The molecule has 3 nitrogen and oxygen atoms in total. The average Bonchev–Trinajstić information content (AvgIpc) is 2.69. The van der Waals surface area contributed by atoms with Crippen LogP contribution in [0.5, 0.6) is 0 Å². The number of hydrogen-bond acceptors (Lipinski definition) is 2. The molecule has 1 aliphatic rings. The minimum Gasteiger partial charge on any atom is -0.314 e. The Morgan fingerprint density at radius 2 is 2.10 bits per heavy atom. The minimum absolute atomic E-state index is 0.638. The second-order valence-corrected chi connectivity index (χ2v) is 6.93. The first-order valence-corrected chi connectivity index (χ1v) is 8.85. The summed E-state index contributed by atoms with van der Waals surface area (Å²) in [6, 6.07) is 0.638. The van der Waals surface area contributed by atoms with Crippen LogP contribution in [0, 0.1) is 18.8 Å². The number of hydrogen-bond donors (Lipinski definition) is 1. The molecule has 1 aliphatic carbocycles. The number of rotatable bonds is 6. The zero-order valence-corrected chi connectivity index (χ0v) is 14.7. The highest BCUT2D eigenvalue weighted by atomic mass is 35.5. The molecule has 1 fully saturated rings. The molecule has 1 aromatic rings. The second kappa shape index (κ2) is 7.64. The summed E-state index contributed by atoms with van der Waals surface area (Å²) in [5.74, 6) is 1.58. The summed E-state index contributed by atoms with van der Waals surface area (Å²) in [6.07, 6.45) is 7.75. The molecule has 1 saturated carbocycles. The number of aromatic nitrogens is 2. The highest BCUT2D eigenvalue weighted by Crippen LogP contribution is 2.35. The number of aryl methyl sites for hydroxylation is 2. The van der Waals surface area contributed by atoms with E-state index in [1.807, 2.05) is 7.05 Å². The lowest BCUT2D eigenvalue weighted by Gasteiger charge is -2.37. The lowest BCUT2D eigenvalue weighted by molar-refractivity contribution is 0.195. The number of halogens is 1. The molecule has 0 spiro atoms. The number of nitrogens with one attached hydrogen (secondary N) is 1. The summed E-state index contributed by atoms with van der Waals surface area (Å²) >= 11 is 6.44. The van der Waals surface area contributed by atoms with Gasteiger partial charge in [0.15, 0.2) is 0 Å². The number of nitrogens with zero attached hydrogens (tertiary/aromatic N) is 2. The van der Waals surface area contributed by atoms with Crippen molar-refractivity contribution in [3.05, 3.63) is 16.4 Å². The Morgan fingerprint density at radius 1 is 1.33 bits per heavy atom. The van der Waals surface area contributed by atoms with Crippen LogP contribution < -0.4 is 5.32 Å². The van der Waals surface area contributed by atoms with Crippen LogP contribution in [0.1, 0.15) is 57.2 Å². The highest BCUT2D eigenvalue weighted by Gasteiger charge is 2.31. The summed E-state index contributed by atoms with van der Waals surface area (Å²) in [5, 5.41) is 8.98. The Kier molecular flexibility index (Phi) is 6.12. The van der Waals surface area contributed by atoms with Crippen molar-refractivity contribution in [2.45, 2.75) is 65.3 Å². The zero-order chi connectivity index (χ0) is 15.4. The summed E-state index contributed by atoms with van der Waals surface area (Å²) < 4.78 is 1.81. The fourth-order valence-corrected chi connectivity index (χ4v) is 4.21. The molecule has 0 aliphatic heterocycles. The van der Waals surface area contributed by atoms with E-state index in [0.717, 1.165) is 29.7 Å². The molecule has 1 heterocycles. The van der Waals surface area contributed by atoms with Crippen molar-refractivity contribution in [3.8, 4) is 0 Å². The highest BCUT2D eigenvalue weighted by molar-refractivity contribution is 6.30. The molecule has 0 bridgehead atoms. The van der Waals surface area contributed by atoms with Crippen LogP contribution in [0.4, 0.5) is 0 Å². The normalized spacial score (nSPS) is 26.2. The third-order valence-electron chi connectivity index (χ3n) is 4.99. The van der Waals surface area contributed by atoms with Crippen molar-refractivity contribution in [2.24, 2.45) is 18.9 Å². The van der Waals surface area contributed by atoms with Crippen LogP contribution in [-0.2, 0) is 13.5 Å². The molecule has 0 radical (unpaired) electrons. The second-order valence-electron chi connectivity index (χ2n) is 6.57. The first-order chi connectivity index (χ1) is 10.1. The Labute approximate surface area is 134 Å². The van der Waals surface area contributed by atoms with Crippen molar-refractivity contribution < 1.29 is 0 Å². The fraction of sp³-hybridized carbons (Fsp3) is 0.824. The van der Waals surface area contributed by atoms with Gasteiger partial charge in [0.25, 0.3) is 0 Å². The summed E-state index contributed by atoms with van der Waals surface area (Å²) in [7, 11) is 1.93. The Bertz CT molecular complexity index is 455. The van der Waals surface area contributed by atoms with Gasteiger partial charge >= 0.3 is 0 Å². The van der Waals surface area contributed by atoms with E-state index in [1.165, 1.54) is 37.7 Å². The molecule has 4 heteroatoms. The smallest absolute Gasteiger partial charge is 0.130 e. The van der Waals surface area contributed by atoms with Crippen LogP contribution in [0.25, 0.3) is 0 Å². The van der Waals surface area contributed by atoms with Crippen LogP contribution in [-0.4, -0.2) is 22.4 Å². The van der Waals surface area contributed by atoms with E-state index in [0.29, 0.717) is 12.0 Å². The van der Waals surface area contributed by atoms with E-state index >= 15 is 0 Å². The van der Waals surface area contributed by atoms with Crippen LogP contribution in [0.3, 0.4) is 0 Å².